The predicted molar refractivity (Wildman–Crippen MR) is 159 cm³/mol. The fraction of sp³-hybridized carbons (Fsp3) is 0.353. The number of hydrogen-bond donors (Lipinski definition) is 1. The quantitative estimate of drug-likeness (QED) is 0.372. The van der Waals surface area contributed by atoms with Crippen molar-refractivity contribution in [2.45, 2.75) is 50.9 Å². The third kappa shape index (κ3) is 4.58. The zero-order chi connectivity index (χ0) is 27.9. The van der Waals surface area contributed by atoms with Crippen LogP contribution in [-0.2, 0) is 22.6 Å². The van der Waals surface area contributed by atoms with E-state index in [1.54, 1.807) is 0 Å². The number of amides is 2. The minimum atomic E-state index is -0.537. The molecule has 41 heavy (non-hydrogen) atoms. The van der Waals surface area contributed by atoms with Crippen molar-refractivity contribution < 1.29 is 14.3 Å². The molecule has 0 aliphatic carbocycles. The summed E-state index contributed by atoms with van der Waals surface area (Å²) in [6, 6.07) is 25.8. The van der Waals surface area contributed by atoms with Crippen LogP contribution in [0.3, 0.4) is 0 Å². The van der Waals surface area contributed by atoms with Crippen LogP contribution in [0.15, 0.2) is 78.9 Å². The largest absolute Gasteiger partial charge is 0.494 e. The molecule has 210 valence electrons. The third-order valence-electron chi connectivity index (χ3n) is 9.05. The monoisotopic (exact) mass is 548 g/mol. The van der Waals surface area contributed by atoms with Gasteiger partial charge in [0.25, 0.3) is 0 Å². The molecule has 2 saturated heterocycles. The summed E-state index contributed by atoms with van der Waals surface area (Å²) in [4.78, 5) is 38.2. The minimum absolute atomic E-state index is 0.00178. The van der Waals surface area contributed by atoms with Gasteiger partial charge in [-0.05, 0) is 43.0 Å². The number of carbonyl (C=O) groups excluding carboxylic acids is 2. The van der Waals surface area contributed by atoms with Crippen LogP contribution in [0, 0.1) is 0 Å². The van der Waals surface area contributed by atoms with Crippen LogP contribution in [-0.4, -0.2) is 69.8 Å². The lowest BCUT2D eigenvalue weighted by molar-refractivity contribution is -0.161. The third-order valence-corrected chi connectivity index (χ3v) is 9.05. The molecule has 3 aliphatic rings. The molecule has 2 atom stereocenters. The average Bonchev–Trinajstić information content (AvgIpc) is 3.38. The van der Waals surface area contributed by atoms with E-state index in [0.29, 0.717) is 13.0 Å². The number of H-pyrrole nitrogens is 1. The van der Waals surface area contributed by atoms with Crippen molar-refractivity contribution in [3.63, 3.8) is 0 Å². The summed E-state index contributed by atoms with van der Waals surface area (Å²) < 4.78 is 6.04. The Morgan fingerprint density at radius 3 is 2.44 bits per heavy atom. The summed E-state index contributed by atoms with van der Waals surface area (Å²) in [5, 5.41) is 1.12. The molecule has 3 aromatic carbocycles. The zero-order valence-corrected chi connectivity index (χ0v) is 23.5. The number of likely N-dealkylation sites (tertiary alicyclic amines) is 1. The normalized spacial score (nSPS) is 21.7. The molecule has 7 heteroatoms. The van der Waals surface area contributed by atoms with Gasteiger partial charge in [0.1, 0.15) is 24.4 Å². The molecular weight excluding hydrogens is 512 g/mol. The number of carbonyl (C=O) groups is 2. The maximum atomic E-state index is 14.3. The Bertz CT molecular complexity index is 1570. The van der Waals surface area contributed by atoms with Crippen LogP contribution in [0.2, 0.25) is 0 Å². The maximum Gasteiger partial charge on any atom is 0.246 e. The van der Waals surface area contributed by atoms with Gasteiger partial charge in [-0.3, -0.25) is 14.5 Å². The lowest BCUT2D eigenvalue weighted by atomic mass is 9.85. The number of fused-ring (bicyclic) bond motifs is 4. The van der Waals surface area contributed by atoms with E-state index in [1.807, 2.05) is 59.2 Å². The highest BCUT2D eigenvalue weighted by Crippen LogP contribution is 2.45. The first-order valence-electron chi connectivity index (χ1n) is 14.8. The summed E-state index contributed by atoms with van der Waals surface area (Å²) in [6.07, 6.45) is 2.28. The fourth-order valence-corrected chi connectivity index (χ4v) is 7.14. The molecule has 0 spiro atoms. The van der Waals surface area contributed by atoms with E-state index in [1.165, 1.54) is 5.56 Å². The Labute approximate surface area is 240 Å². The van der Waals surface area contributed by atoms with Crippen molar-refractivity contribution >= 4 is 22.7 Å². The Balaban J connectivity index is 1.20. The highest BCUT2D eigenvalue weighted by atomic mass is 16.5. The second kappa shape index (κ2) is 10.7. The Hall–Kier alpha value is -4.10. The lowest BCUT2D eigenvalue weighted by Gasteiger charge is -2.49. The number of benzene rings is 3. The number of para-hydroxylation sites is 2. The van der Waals surface area contributed by atoms with Gasteiger partial charge in [0, 0.05) is 54.3 Å². The maximum absolute atomic E-state index is 14.3. The van der Waals surface area contributed by atoms with E-state index in [2.05, 4.69) is 46.3 Å². The SMILES string of the molecule is CCOc1ccccc1[C@@H]1c2[nH]c3ccccc3c2C[C@H]2C(=O)N(C3CCN(Cc4ccccc4)CC3)CC(=O)N12. The number of nitrogens with zero attached hydrogens (tertiary/aromatic N) is 3. The molecule has 1 N–H and O–H groups in total. The van der Waals surface area contributed by atoms with E-state index < -0.39 is 12.1 Å². The summed E-state index contributed by atoms with van der Waals surface area (Å²) in [5.74, 6) is 0.821. The molecule has 2 amide bonds. The molecule has 0 bridgehead atoms. The van der Waals surface area contributed by atoms with Crippen molar-refractivity contribution in [1.82, 2.24) is 19.7 Å². The van der Waals surface area contributed by atoms with Gasteiger partial charge in [0.2, 0.25) is 11.8 Å². The zero-order valence-electron chi connectivity index (χ0n) is 23.5. The van der Waals surface area contributed by atoms with Crippen LogP contribution < -0.4 is 4.74 Å². The van der Waals surface area contributed by atoms with E-state index in [4.69, 9.17) is 4.74 Å². The fourth-order valence-electron chi connectivity index (χ4n) is 7.14. The second-order valence-electron chi connectivity index (χ2n) is 11.4. The van der Waals surface area contributed by atoms with E-state index in [0.717, 1.165) is 65.9 Å². The molecule has 0 radical (unpaired) electrons. The van der Waals surface area contributed by atoms with Crippen LogP contribution in [0.1, 0.15) is 48.2 Å². The van der Waals surface area contributed by atoms with E-state index in [9.17, 15) is 9.59 Å². The summed E-state index contributed by atoms with van der Waals surface area (Å²) in [5.41, 5.74) is 5.35. The van der Waals surface area contributed by atoms with Crippen LogP contribution in [0.4, 0.5) is 0 Å². The molecular formula is C34H36N4O3. The first-order valence-corrected chi connectivity index (χ1v) is 14.8. The first kappa shape index (κ1) is 25.8. The number of piperidine rings is 1. The number of aromatic amines is 1. The van der Waals surface area contributed by atoms with Crippen LogP contribution in [0.25, 0.3) is 10.9 Å². The van der Waals surface area contributed by atoms with Gasteiger partial charge >= 0.3 is 0 Å². The van der Waals surface area contributed by atoms with Gasteiger partial charge in [-0.25, -0.2) is 0 Å². The topological polar surface area (TPSA) is 68.9 Å². The standard InChI is InChI=1S/C34H36N4O3/c1-2-41-30-15-9-7-13-26(30)33-32-27(25-12-6-8-14-28(25)35-32)20-29-34(40)37(22-31(39)38(29)33)24-16-18-36(19-17-24)21-23-10-4-3-5-11-23/h3-15,24,29,33,35H,2,16-22H2,1H3/t29-,33+/m0/s1. The summed E-state index contributed by atoms with van der Waals surface area (Å²) in [7, 11) is 0. The molecule has 7 nitrogen and oxygen atoms in total. The smallest absolute Gasteiger partial charge is 0.246 e. The van der Waals surface area contributed by atoms with Gasteiger partial charge < -0.3 is 19.5 Å². The highest BCUT2D eigenvalue weighted by molar-refractivity contribution is 5.98. The van der Waals surface area contributed by atoms with Crippen molar-refractivity contribution in [2.24, 2.45) is 0 Å². The summed E-state index contributed by atoms with van der Waals surface area (Å²) >= 11 is 0. The van der Waals surface area contributed by atoms with Gasteiger partial charge in [-0.15, -0.1) is 0 Å². The van der Waals surface area contributed by atoms with Crippen LogP contribution >= 0.6 is 0 Å². The molecule has 4 heterocycles. The van der Waals surface area contributed by atoms with Crippen LogP contribution in [0.5, 0.6) is 5.75 Å². The molecule has 2 fully saturated rings. The van der Waals surface area contributed by atoms with Gasteiger partial charge in [-0.2, -0.15) is 0 Å². The molecule has 1 aromatic heterocycles. The molecule has 0 saturated carbocycles. The van der Waals surface area contributed by atoms with Crippen molar-refractivity contribution in [3.8, 4) is 5.75 Å². The number of ether oxygens (including phenoxy) is 1. The lowest BCUT2D eigenvalue weighted by Crippen LogP contribution is -2.65. The van der Waals surface area contributed by atoms with Crippen molar-refractivity contribution in [2.75, 3.05) is 26.2 Å². The van der Waals surface area contributed by atoms with Gasteiger partial charge in [-0.1, -0.05) is 66.7 Å². The second-order valence-corrected chi connectivity index (χ2v) is 11.4. The Kier molecular flexibility index (Phi) is 6.75. The molecule has 3 aliphatic heterocycles. The Morgan fingerprint density at radius 2 is 1.63 bits per heavy atom. The van der Waals surface area contributed by atoms with Crippen molar-refractivity contribution in [1.29, 1.82) is 0 Å². The number of rotatable bonds is 6. The highest BCUT2D eigenvalue weighted by Gasteiger charge is 2.50. The molecule has 7 rings (SSSR count). The number of piperazine rings is 1. The van der Waals surface area contributed by atoms with E-state index >= 15 is 0 Å². The van der Waals surface area contributed by atoms with E-state index in [-0.39, 0.29) is 24.4 Å². The van der Waals surface area contributed by atoms with Gasteiger partial charge in [0.15, 0.2) is 0 Å². The predicted octanol–water partition coefficient (Wildman–Crippen LogP) is 4.92. The molecule has 4 aromatic rings. The molecule has 0 unspecified atom stereocenters. The summed E-state index contributed by atoms with van der Waals surface area (Å²) in [6.45, 7) is 5.37. The first-order chi connectivity index (χ1) is 20.1. The van der Waals surface area contributed by atoms with Crippen molar-refractivity contribution in [3.05, 3.63) is 101 Å². The number of hydrogen-bond acceptors (Lipinski definition) is 4. The van der Waals surface area contributed by atoms with Gasteiger partial charge in [0.05, 0.1) is 6.61 Å². The number of nitrogens with one attached hydrogen (secondary N) is 1. The number of aromatic nitrogens is 1. The minimum Gasteiger partial charge on any atom is -0.494 e. The average molecular weight is 549 g/mol. The Morgan fingerprint density at radius 1 is 0.902 bits per heavy atom.